The Balaban J connectivity index is 1.81. The van der Waals surface area contributed by atoms with Gasteiger partial charge in [-0.05, 0) is 12.5 Å². The minimum atomic E-state index is -0.186. The minimum Gasteiger partial charge on any atom is -0.483 e. The second-order valence-electron chi connectivity index (χ2n) is 5.18. The summed E-state index contributed by atoms with van der Waals surface area (Å²) in [6.07, 6.45) is 1.15. The van der Waals surface area contributed by atoms with E-state index in [1.807, 2.05) is 18.2 Å². The number of nitrogens with two attached hydrogens (primary N) is 1. The third-order valence-electron chi connectivity index (χ3n) is 3.54. The molecular formula is C15H21N3O3. The Bertz CT molecular complexity index is 519. The van der Waals surface area contributed by atoms with Crippen LogP contribution in [0.25, 0.3) is 0 Å². The number of carbonyl (C=O) groups is 2. The molecule has 0 spiro atoms. The van der Waals surface area contributed by atoms with E-state index in [1.54, 1.807) is 18.0 Å². The van der Waals surface area contributed by atoms with Gasteiger partial charge in [-0.1, -0.05) is 18.2 Å². The number of amides is 2. The number of carbonyl (C=O) groups excluding carboxylic acids is 2. The number of nitrogens with zero attached hydrogens (tertiary/aromatic N) is 1. The highest BCUT2D eigenvalue weighted by Crippen LogP contribution is 2.17. The molecule has 1 aromatic rings. The summed E-state index contributed by atoms with van der Waals surface area (Å²) in [7, 11) is 1.74. The lowest BCUT2D eigenvalue weighted by Gasteiger charge is -2.30. The first-order valence-electron chi connectivity index (χ1n) is 7.04. The first-order chi connectivity index (χ1) is 10.1. The van der Waals surface area contributed by atoms with E-state index >= 15 is 0 Å². The number of rotatable bonds is 5. The number of hydrogen-bond acceptors (Lipinski definition) is 4. The van der Waals surface area contributed by atoms with E-state index in [2.05, 4.69) is 5.32 Å². The van der Waals surface area contributed by atoms with Crippen LogP contribution < -0.4 is 15.8 Å². The summed E-state index contributed by atoms with van der Waals surface area (Å²) in [5.74, 6) is 0.564. The molecule has 1 unspecified atom stereocenters. The van der Waals surface area contributed by atoms with E-state index in [4.69, 9.17) is 10.5 Å². The summed E-state index contributed by atoms with van der Waals surface area (Å²) in [4.78, 5) is 24.9. The van der Waals surface area contributed by atoms with Gasteiger partial charge in [-0.15, -0.1) is 0 Å². The van der Waals surface area contributed by atoms with Gasteiger partial charge in [0.25, 0.3) is 5.91 Å². The molecule has 2 rings (SSSR count). The Labute approximate surface area is 124 Å². The average molecular weight is 291 g/mol. The number of likely N-dealkylation sites (N-methyl/N-ethyl adjacent to an activating group) is 1. The molecule has 1 aliphatic heterocycles. The predicted octanol–water partition coefficient (Wildman–Crippen LogP) is 0.261. The molecule has 1 atom stereocenters. The van der Waals surface area contributed by atoms with E-state index in [0.29, 0.717) is 31.7 Å². The fraction of sp³-hybridized carbons (Fsp3) is 0.467. The SMILES string of the molecule is CN1CC(NC(=O)COc2ccccc2CN)CCC1=O. The fourth-order valence-electron chi connectivity index (χ4n) is 2.36. The van der Waals surface area contributed by atoms with Crippen LogP contribution in [0.15, 0.2) is 24.3 Å². The van der Waals surface area contributed by atoms with Crippen LogP contribution in [0.4, 0.5) is 0 Å². The summed E-state index contributed by atoms with van der Waals surface area (Å²) < 4.78 is 5.51. The molecule has 0 bridgehead atoms. The van der Waals surface area contributed by atoms with Crippen molar-refractivity contribution in [2.24, 2.45) is 5.73 Å². The summed E-state index contributed by atoms with van der Waals surface area (Å²) in [6, 6.07) is 7.38. The normalized spacial score (nSPS) is 18.5. The van der Waals surface area contributed by atoms with E-state index < -0.39 is 0 Å². The lowest BCUT2D eigenvalue weighted by molar-refractivity contribution is -0.134. The zero-order chi connectivity index (χ0) is 15.2. The van der Waals surface area contributed by atoms with E-state index in [9.17, 15) is 9.59 Å². The van der Waals surface area contributed by atoms with Gasteiger partial charge in [-0.25, -0.2) is 0 Å². The highest BCUT2D eigenvalue weighted by Gasteiger charge is 2.24. The topological polar surface area (TPSA) is 84.7 Å². The van der Waals surface area contributed by atoms with Crippen molar-refractivity contribution in [2.75, 3.05) is 20.2 Å². The van der Waals surface area contributed by atoms with Gasteiger partial charge < -0.3 is 20.7 Å². The molecule has 21 heavy (non-hydrogen) atoms. The lowest BCUT2D eigenvalue weighted by atomic mass is 10.1. The van der Waals surface area contributed by atoms with Crippen LogP contribution >= 0.6 is 0 Å². The van der Waals surface area contributed by atoms with Gasteiger partial charge in [-0.3, -0.25) is 9.59 Å². The van der Waals surface area contributed by atoms with E-state index in [0.717, 1.165) is 5.56 Å². The largest absolute Gasteiger partial charge is 0.483 e. The van der Waals surface area contributed by atoms with E-state index in [-0.39, 0.29) is 24.5 Å². The zero-order valence-corrected chi connectivity index (χ0v) is 12.2. The Morgan fingerprint density at radius 2 is 2.24 bits per heavy atom. The van der Waals surface area contributed by atoms with Crippen molar-refractivity contribution >= 4 is 11.8 Å². The van der Waals surface area contributed by atoms with Gasteiger partial charge in [0.15, 0.2) is 6.61 Å². The third-order valence-corrected chi connectivity index (χ3v) is 3.54. The van der Waals surface area contributed by atoms with Gasteiger partial charge in [0.1, 0.15) is 5.75 Å². The molecule has 3 N–H and O–H groups in total. The molecule has 0 aliphatic carbocycles. The van der Waals surface area contributed by atoms with Crippen LogP contribution in [-0.4, -0.2) is 43.0 Å². The van der Waals surface area contributed by atoms with Gasteiger partial charge in [-0.2, -0.15) is 0 Å². The van der Waals surface area contributed by atoms with Crippen molar-refractivity contribution in [1.82, 2.24) is 10.2 Å². The quantitative estimate of drug-likeness (QED) is 0.815. The van der Waals surface area contributed by atoms with Crippen LogP contribution in [0.5, 0.6) is 5.75 Å². The van der Waals surface area contributed by atoms with Crippen LogP contribution in [0.2, 0.25) is 0 Å². The number of para-hydroxylation sites is 1. The molecule has 6 nitrogen and oxygen atoms in total. The Kier molecular flexibility index (Phi) is 5.16. The maximum Gasteiger partial charge on any atom is 0.258 e. The highest BCUT2D eigenvalue weighted by molar-refractivity contribution is 5.79. The maximum absolute atomic E-state index is 11.9. The Morgan fingerprint density at radius 1 is 1.48 bits per heavy atom. The van der Waals surface area contributed by atoms with Crippen molar-refractivity contribution in [3.63, 3.8) is 0 Å². The number of hydrogen-bond donors (Lipinski definition) is 2. The van der Waals surface area contributed by atoms with Crippen LogP contribution in [0.3, 0.4) is 0 Å². The van der Waals surface area contributed by atoms with Crippen LogP contribution in [0.1, 0.15) is 18.4 Å². The monoisotopic (exact) mass is 291 g/mol. The fourth-order valence-corrected chi connectivity index (χ4v) is 2.36. The average Bonchev–Trinajstić information content (AvgIpc) is 2.49. The number of nitrogens with one attached hydrogen (secondary N) is 1. The second kappa shape index (κ2) is 7.08. The standard InChI is InChI=1S/C15H21N3O3/c1-18-9-12(6-7-15(18)20)17-14(19)10-21-13-5-3-2-4-11(13)8-16/h2-5,12H,6-10,16H2,1H3,(H,17,19). The first-order valence-corrected chi connectivity index (χ1v) is 7.04. The number of likely N-dealkylation sites (tertiary alicyclic amines) is 1. The third kappa shape index (κ3) is 4.19. The first kappa shape index (κ1) is 15.3. The molecule has 0 saturated carbocycles. The predicted molar refractivity (Wildman–Crippen MR) is 78.6 cm³/mol. The molecule has 114 valence electrons. The van der Waals surface area contributed by atoms with Crippen molar-refractivity contribution < 1.29 is 14.3 Å². The Hall–Kier alpha value is -2.08. The maximum atomic E-state index is 11.9. The minimum absolute atomic E-state index is 0.00597. The van der Waals surface area contributed by atoms with Gasteiger partial charge in [0.2, 0.25) is 5.91 Å². The molecule has 1 aromatic carbocycles. The lowest BCUT2D eigenvalue weighted by Crippen LogP contribution is -2.49. The molecule has 1 saturated heterocycles. The smallest absolute Gasteiger partial charge is 0.258 e. The molecule has 1 aliphatic rings. The second-order valence-corrected chi connectivity index (χ2v) is 5.18. The molecule has 0 aromatic heterocycles. The number of piperidine rings is 1. The number of benzene rings is 1. The summed E-state index contributed by atoms with van der Waals surface area (Å²) in [5, 5.41) is 2.89. The summed E-state index contributed by atoms with van der Waals surface area (Å²) in [6.45, 7) is 0.864. The van der Waals surface area contributed by atoms with Crippen molar-refractivity contribution in [1.29, 1.82) is 0 Å². The van der Waals surface area contributed by atoms with Crippen molar-refractivity contribution in [2.45, 2.75) is 25.4 Å². The number of ether oxygens (including phenoxy) is 1. The summed E-state index contributed by atoms with van der Waals surface area (Å²) >= 11 is 0. The molecule has 1 fully saturated rings. The molecular weight excluding hydrogens is 270 g/mol. The molecule has 2 amide bonds. The van der Waals surface area contributed by atoms with E-state index in [1.165, 1.54) is 0 Å². The summed E-state index contributed by atoms with van der Waals surface area (Å²) in [5.41, 5.74) is 6.49. The molecule has 0 radical (unpaired) electrons. The van der Waals surface area contributed by atoms with Gasteiger partial charge >= 0.3 is 0 Å². The molecule has 6 heteroatoms. The van der Waals surface area contributed by atoms with Crippen molar-refractivity contribution in [3.8, 4) is 5.75 Å². The zero-order valence-electron chi connectivity index (χ0n) is 12.2. The van der Waals surface area contributed by atoms with Crippen molar-refractivity contribution in [3.05, 3.63) is 29.8 Å². The Morgan fingerprint density at radius 3 is 2.95 bits per heavy atom. The van der Waals surface area contributed by atoms with Gasteiger partial charge in [0.05, 0.1) is 0 Å². The highest BCUT2D eigenvalue weighted by atomic mass is 16.5. The van der Waals surface area contributed by atoms with Gasteiger partial charge in [0, 0.05) is 38.2 Å². The molecule has 1 heterocycles. The van der Waals surface area contributed by atoms with Crippen LogP contribution in [0, 0.1) is 0 Å². The van der Waals surface area contributed by atoms with Crippen LogP contribution in [-0.2, 0) is 16.1 Å².